The summed E-state index contributed by atoms with van der Waals surface area (Å²) in [5, 5.41) is 2.97. The van der Waals surface area contributed by atoms with Crippen molar-refractivity contribution in [1.29, 1.82) is 0 Å². The molecule has 31 heavy (non-hydrogen) atoms. The number of imidazole rings is 1. The summed E-state index contributed by atoms with van der Waals surface area (Å²) in [4.78, 5) is 25.4. The standard InChI is InChI=1S/C24H29N5O2/c1-16-17(2)29(15-25-16)22-14-24(27-18(3)26-22)31-21-11-9-20(10-12-21)28-23(30)13-8-19-6-4-5-7-19/h9-12,14-15,19H,4-8,13H2,1-3H3,(H,28,30). The van der Waals surface area contributed by atoms with Gasteiger partial charge in [-0.2, -0.15) is 4.98 Å². The van der Waals surface area contributed by atoms with Crippen LogP contribution in [0.15, 0.2) is 36.7 Å². The zero-order chi connectivity index (χ0) is 21.8. The Labute approximate surface area is 182 Å². The number of ether oxygens (including phenoxy) is 1. The quantitative estimate of drug-likeness (QED) is 0.563. The lowest BCUT2D eigenvalue weighted by atomic mass is 10.0. The van der Waals surface area contributed by atoms with Crippen molar-refractivity contribution in [2.24, 2.45) is 5.92 Å². The Balaban J connectivity index is 1.38. The maximum Gasteiger partial charge on any atom is 0.224 e. The lowest BCUT2D eigenvalue weighted by Gasteiger charge is -2.11. The number of hydrogen-bond acceptors (Lipinski definition) is 5. The number of amides is 1. The topological polar surface area (TPSA) is 81.9 Å². The Morgan fingerprint density at radius 1 is 1.13 bits per heavy atom. The van der Waals surface area contributed by atoms with Gasteiger partial charge in [0.2, 0.25) is 11.8 Å². The van der Waals surface area contributed by atoms with Crippen LogP contribution in [0.5, 0.6) is 11.6 Å². The number of anilines is 1. The first-order chi connectivity index (χ1) is 15.0. The second kappa shape index (κ2) is 9.29. The number of carbonyl (C=O) groups is 1. The van der Waals surface area contributed by atoms with Gasteiger partial charge in [-0.25, -0.2) is 9.97 Å². The van der Waals surface area contributed by atoms with Crippen LogP contribution in [0.3, 0.4) is 0 Å². The highest BCUT2D eigenvalue weighted by Crippen LogP contribution is 2.29. The zero-order valence-electron chi connectivity index (χ0n) is 18.4. The van der Waals surface area contributed by atoms with Crippen LogP contribution in [0, 0.1) is 26.7 Å². The van der Waals surface area contributed by atoms with Crippen LogP contribution in [-0.4, -0.2) is 25.4 Å². The van der Waals surface area contributed by atoms with Crippen LogP contribution in [-0.2, 0) is 4.79 Å². The van der Waals surface area contributed by atoms with E-state index < -0.39 is 0 Å². The fraction of sp³-hybridized carbons (Fsp3) is 0.417. The molecule has 2 aromatic heterocycles. The first-order valence-electron chi connectivity index (χ1n) is 10.9. The lowest BCUT2D eigenvalue weighted by Crippen LogP contribution is -2.12. The number of hydrogen-bond donors (Lipinski definition) is 1. The van der Waals surface area contributed by atoms with Crippen molar-refractivity contribution in [1.82, 2.24) is 19.5 Å². The lowest BCUT2D eigenvalue weighted by molar-refractivity contribution is -0.116. The van der Waals surface area contributed by atoms with Gasteiger partial charge in [0.15, 0.2) is 0 Å². The van der Waals surface area contributed by atoms with Crippen LogP contribution in [0.2, 0.25) is 0 Å². The van der Waals surface area contributed by atoms with Gasteiger partial charge in [-0.3, -0.25) is 9.36 Å². The van der Waals surface area contributed by atoms with Gasteiger partial charge < -0.3 is 10.1 Å². The monoisotopic (exact) mass is 419 g/mol. The van der Waals surface area contributed by atoms with E-state index in [-0.39, 0.29) is 5.91 Å². The maximum absolute atomic E-state index is 12.2. The molecule has 0 atom stereocenters. The Hall–Kier alpha value is -3.22. The molecule has 7 nitrogen and oxygen atoms in total. The molecule has 2 heterocycles. The smallest absolute Gasteiger partial charge is 0.224 e. The van der Waals surface area contributed by atoms with Gasteiger partial charge in [0.05, 0.1) is 5.69 Å². The highest BCUT2D eigenvalue weighted by Gasteiger charge is 2.16. The highest BCUT2D eigenvalue weighted by atomic mass is 16.5. The van der Waals surface area contributed by atoms with E-state index in [0.717, 1.165) is 29.4 Å². The second-order valence-electron chi connectivity index (χ2n) is 8.26. The van der Waals surface area contributed by atoms with E-state index in [4.69, 9.17) is 4.74 Å². The summed E-state index contributed by atoms with van der Waals surface area (Å²) < 4.78 is 7.86. The number of carbonyl (C=O) groups excluding carboxylic acids is 1. The molecule has 0 aliphatic heterocycles. The maximum atomic E-state index is 12.2. The summed E-state index contributed by atoms with van der Waals surface area (Å²) in [7, 11) is 0. The molecular weight excluding hydrogens is 390 g/mol. The van der Waals surface area contributed by atoms with Crippen molar-refractivity contribution in [2.75, 3.05) is 5.32 Å². The molecule has 1 fully saturated rings. The van der Waals surface area contributed by atoms with Gasteiger partial charge >= 0.3 is 0 Å². The summed E-state index contributed by atoms with van der Waals surface area (Å²) in [5.41, 5.74) is 2.75. The molecule has 1 aliphatic rings. The third-order valence-electron chi connectivity index (χ3n) is 5.91. The Kier molecular flexibility index (Phi) is 6.30. The zero-order valence-corrected chi connectivity index (χ0v) is 18.4. The number of aryl methyl sites for hydroxylation is 2. The minimum atomic E-state index is 0.0719. The number of rotatable bonds is 7. The molecule has 0 bridgehead atoms. The second-order valence-corrected chi connectivity index (χ2v) is 8.26. The number of nitrogens with one attached hydrogen (secondary N) is 1. The highest BCUT2D eigenvalue weighted by molar-refractivity contribution is 5.90. The van der Waals surface area contributed by atoms with E-state index in [1.54, 1.807) is 12.4 Å². The van der Waals surface area contributed by atoms with Crippen molar-refractivity contribution in [3.63, 3.8) is 0 Å². The molecule has 1 aliphatic carbocycles. The molecule has 162 valence electrons. The van der Waals surface area contributed by atoms with Crippen molar-refractivity contribution in [2.45, 2.75) is 59.3 Å². The molecule has 3 aromatic rings. The molecule has 0 unspecified atom stereocenters. The van der Waals surface area contributed by atoms with E-state index in [2.05, 4.69) is 20.3 Å². The van der Waals surface area contributed by atoms with E-state index in [0.29, 0.717) is 29.7 Å². The Morgan fingerprint density at radius 3 is 2.55 bits per heavy atom. The molecule has 0 radical (unpaired) electrons. The number of benzene rings is 1. The fourth-order valence-electron chi connectivity index (χ4n) is 4.02. The minimum Gasteiger partial charge on any atom is -0.439 e. The molecule has 4 rings (SSSR count). The van der Waals surface area contributed by atoms with Gasteiger partial charge in [-0.1, -0.05) is 25.7 Å². The first kappa shape index (κ1) is 21.0. The van der Waals surface area contributed by atoms with E-state index in [1.165, 1.54) is 25.7 Å². The minimum absolute atomic E-state index is 0.0719. The van der Waals surface area contributed by atoms with Crippen LogP contribution in [0.1, 0.15) is 55.7 Å². The Bertz CT molecular complexity index is 1050. The van der Waals surface area contributed by atoms with Gasteiger partial charge in [-0.15, -0.1) is 0 Å². The third kappa shape index (κ3) is 5.29. The summed E-state index contributed by atoms with van der Waals surface area (Å²) in [5.74, 6) is 3.23. The van der Waals surface area contributed by atoms with Crippen LogP contribution >= 0.6 is 0 Å². The predicted octanol–water partition coefficient (Wildman–Crippen LogP) is 5.29. The normalized spacial score (nSPS) is 14.0. The summed E-state index contributed by atoms with van der Waals surface area (Å²) in [6, 6.07) is 9.15. The van der Waals surface area contributed by atoms with Gasteiger partial charge in [-0.05, 0) is 57.4 Å². The largest absolute Gasteiger partial charge is 0.439 e. The fourth-order valence-corrected chi connectivity index (χ4v) is 4.02. The first-order valence-corrected chi connectivity index (χ1v) is 10.9. The molecule has 1 N–H and O–H groups in total. The van der Waals surface area contributed by atoms with Crippen LogP contribution < -0.4 is 10.1 Å². The van der Waals surface area contributed by atoms with E-state index in [9.17, 15) is 4.79 Å². The predicted molar refractivity (Wildman–Crippen MR) is 120 cm³/mol. The van der Waals surface area contributed by atoms with Crippen molar-refractivity contribution >= 4 is 11.6 Å². The van der Waals surface area contributed by atoms with Crippen molar-refractivity contribution < 1.29 is 9.53 Å². The molecular formula is C24H29N5O2. The number of aromatic nitrogens is 4. The SMILES string of the molecule is Cc1nc(Oc2ccc(NC(=O)CCC3CCCC3)cc2)cc(-n2cnc(C)c2C)n1. The molecule has 1 aromatic carbocycles. The Morgan fingerprint density at radius 2 is 1.87 bits per heavy atom. The van der Waals surface area contributed by atoms with Crippen molar-refractivity contribution in [3.8, 4) is 17.4 Å². The van der Waals surface area contributed by atoms with Crippen LogP contribution in [0.25, 0.3) is 5.82 Å². The summed E-state index contributed by atoms with van der Waals surface area (Å²) in [6.07, 6.45) is 8.47. The van der Waals surface area contributed by atoms with Gasteiger partial charge in [0, 0.05) is 23.9 Å². The van der Waals surface area contributed by atoms with Crippen molar-refractivity contribution in [3.05, 3.63) is 53.9 Å². The van der Waals surface area contributed by atoms with Crippen LogP contribution in [0.4, 0.5) is 5.69 Å². The van der Waals surface area contributed by atoms with Gasteiger partial charge in [0.1, 0.15) is 23.7 Å². The van der Waals surface area contributed by atoms with E-state index in [1.807, 2.05) is 49.6 Å². The number of nitrogens with zero attached hydrogens (tertiary/aromatic N) is 4. The summed E-state index contributed by atoms with van der Waals surface area (Å²) >= 11 is 0. The molecule has 0 spiro atoms. The molecule has 1 saturated carbocycles. The molecule has 0 saturated heterocycles. The molecule has 7 heteroatoms. The summed E-state index contributed by atoms with van der Waals surface area (Å²) in [6.45, 7) is 5.80. The average Bonchev–Trinajstić information content (AvgIpc) is 3.38. The average molecular weight is 420 g/mol. The molecule has 1 amide bonds. The van der Waals surface area contributed by atoms with E-state index >= 15 is 0 Å². The van der Waals surface area contributed by atoms with Gasteiger partial charge in [0.25, 0.3) is 0 Å². The third-order valence-corrected chi connectivity index (χ3v) is 5.91.